The average Bonchev–Trinajstić information content (AvgIpc) is 2.45. The molecular formula is C14H24N4O2. The second-order valence-corrected chi connectivity index (χ2v) is 4.82. The molecule has 2 N–H and O–H groups in total. The van der Waals surface area contributed by atoms with Crippen molar-refractivity contribution in [1.29, 1.82) is 0 Å². The summed E-state index contributed by atoms with van der Waals surface area (Å²) < 4.78 is 0. The lowest BCUT2D eigenvalue weighted by Gasteiger charge is -2.32. The number of anilines is 2. The van der Waals surface area contributed by atoms with Gasteiger partial charge in [0.15, 0.2) is 0 Å². The van der Waals surface area contributed by atoms with Crippen molar-refractivity contribution in [3.05, 3.63) is 22.2 Å². The van der Waals surface area contributed by atoms with Gasteiger partial charge in [-0.1, -0.05) is 20.8 Å². The molecule has 0 aliphatic rings. The van der Waals surface area contributed by atoms with E-state index >= 15 is 0 Å². The van der Waals surface area contributed by atoms with Crippen molar-refractivity contribution in [1.82, 2.24) is 4.98 Å². The third-order valence-electron chi connectivity index (χ3n) is 3.84. The highest BCUT2D eigenvalue weighted by Crippen LogP contribution is 2.31. The molecule has 0 aromatic carbocycles. The molecule has 0 bridgehead atoms. The van der Waals surface area contributed by atoms with Crippen LogP contribution in [0.2, 0.25) is 0 Å². The third kappa shape index (κ3) is 3.59. The summed E-state index contributed by atoms with van der Waals surface area (Å²) in [5.74, 6) is 0.997. The van der Waals surface area contributed by atoms with E-state index in [1.165, 1.54) is 6.07 Å². The van der Waals surface area contributed by atoms with Crippen molar-refractivity contribution in [2.24, 2.45) is 0 Å². The molecule has 0 saturated heterocycles. The maximum Gasteiger partial charge on any atom is 0.311 e. The molecule has 0 fully saturated rings. The van der Waals surface area contributed by atoms with Crippen LogP contribution in [0, 0.1) is 10.1 Å². The summed E-state index contributed by atoms with van der Waals surface area (Å²) in [6.45, 7) is 8.94. The predicted octanol–water partition coefficient (Wildman–Crippen LogP) is 3.80. The molecule has 0 spiro atoms. The van der Waals surface area contributed by atoms with Gasteiger partial charge in [-0.3, -0.25) is 10.1 Å². The maximum absolute atomic E-state index is 11.1. The Morgan fingerprint density at radius 2 is 1.80 bits per heavy atom. The summed E-state index contributed by atoms with van der Waals surface area (Å²) in [6.07, 6.45) is 2.68. The molecule has 6 heteroatoms. The molecule has 0 saturated carbocycles. The first kappa shape index (κ1) is 16.2. The Labute approximate surface area is 120 Å². The largest absolute Gasteiger partial charge is 0.370 e. The molecule has 0 amide bonds. The molecular weight excluding hydrogens is 256 g/mol. The summed E-state index contributed by atoms with van der Waals surface area (Å²) in [5.41, 5.74) is -0.130. The first-order valence-corrected chi connectivity index (χ1v) is 7.19. The van der Waals surface area contributed by atoms with Crippen molar-refractivity contribution in [3.63, 3.8) is 0 Å². The van der Waals surface area contributed by atoms with Gasteiger partial charge in [0.2, 0.25) is 5.82 Å². The highest BCUT2D eigenvalue weighted by atomic mass is 16.6. The van der Waals surface area contributed by atoms with Crippen LogP contribution in [0.25, 0.3) is 0 Å². The Balaban J connectivity index is 3.18. The topological polar surface area (TPSA) is 80.1 Å². The highest BCUT2D eigenvalue weighted by Gasteiger charge is 2.28. The first-order chi connectivity index (χ1) is 9.51. The van der Waals surface area contributed by atoms with Crippen molar-refractivity contribution >= 4 is 17.3 Å². The fourth-order valence-corrected chi connectivity index (χ4v) is 2.24. The minimum atomic E-state index is -0.392. The van der Waals surface area contributed by atoms with Crippen molar-refractivity contribution < 1.29 is 4.92 Å². The molecule has 112 valence electrons. The zero-order valence-electron chi connectivity index (χ0n) is 12.7. The predicted molar refractivity (Wildman–Crippen MR) is 82.3 cm³/mol. The van der Waals surface area contributed by atoms with Crippen LogP contribution < -0.4 is 10.6 Å². The standard InChI is InChI=1S/C14H24N4O2/c1-5-14(6-2,7-3)17-13-11(18(19)20)9-10-12(16-13)15-8-4/h9-10H,5-8H2,1-4H3,(H2,15,16,17). The monoisotopic (exact) mass is 280 g/mol. The zero-order valence-corrected chi connectivity index (χ0v) is 12.7. The van der Waals surface area contributed by atoms with Crippen molar-refractivity contribution in [2.45, 2.75) is 52.5 Å². The fraction of sp³-hybridized carbons (Fsp3) is 0.643. The average molecular weight is 280 g/mol. The SMILES string of the molecule is CCNc1ccc([N+](=O)[O-])c(NC(CC)(CC)CC)n1. The van der Waals surface area contributed by atoms with Gasteiger partial charge < -0.3 is 10.6 Å². The van der Waals surface area contributed by atoms with E-state index in [9.17, 15) is 10.1 Å². The molecule has 1 aromatic heterocycles. The van der Waals surface area contributed by atoms with E-state index in [0.29, 0.717) is 11.6 Å². The number of nitro groups is 1. The molecule has 0 aliphatic heterocycles. The Morgan fingerprint density at radius 3 is 2.25 bits per heavy atom. The van der Waals surface area contributed by atoms with Crippen LogP contribution >= 0.6 is 0 Å². The molecule has 1 heterocycles. The summed E-state index contributed by atoms with van der Waals surface area (Å²) in [5, 5.41) is 17.5. The van der Waals surface area contributed by atoms with Crippen LogP contribution in [0.3, 0.4) is 0 Å². The van der Waals surface area contributed by atoms with E-state index in [1.54, 1.807) is 6.07 Å². The van der Waals surface area contributed by atoms with Gasteiger partial charge in [0.25, 0.3) is 0 Å². The second-order valence-electron chi connectivity index (χ2n) is 4.82. The molecule has 0 unspecified atom stereocenters. The fourth-order valence-electron chi connectivity index (χ4n) is 2.24. The number of hydrogen-bond acceptors (Lipinski definition) is 5. The van der Waals surface area contributed by atoms with Crippen LogP contribution in [-0.2, 0) is 0 Å². The smallest absolute Gasteiger partial charge is 0.311 e. The van der Waals surface area contributed by atoms with Crippen LogP contribution in [-0.4, -0.2) is 22.0 Å². The number of nitrogens with zero attached hydrogens (tertiary/aromatic N) is 2. The van der Waals surface area contributed by atoms with Crippen molar-refractivity contribution in [3.8, 4) is 0 Å². The minimum Gasteiger partial charge on any atom is -0.370 e. The molecule has 0 radical (unpaired) electrons. The number of pyridine rings is 1. The van der Waals surface area contributed by atoms with Gasteiger partial charge >= 0.3 is 5.69 Å². The lowest BCUT2D eigenvalue weighted by atomic mass is 9.90. The van der Waals surface area contributed by atoms with E-state index in [4.69, 9.17) is 0 Å². The second kappa shape index (κ2) is 7.07. The number of aromatic nitrogens is 1. The van der Waals surface area contributed by atoms with Crippen LogP contribution in [0.4, 0.5) is 17.3 Å². The summed E-state index contributed by atoms with van der Waals surface area (Å²) in [6, 6.07) is 3.14. The maximum atomic E-state index is 11.1. The Bertz CT molecular complexity index is 450. The minimum absolute atomic E-state index is 0.0198. The van der Waals surface area contributed by atoms with Gasteiger partial charge in [-0.2, -0.15) is 0 Å². The van der Waals surface area contributed by atoms with Gasteiger partial charge in [0, 0.05) is 18.2 Å². The summed E-state index contributed by atoms with van der Waals surface area (Å²) in [4.78, 5) is 15.1. The number of nitrogens with one attached hydrogen (secondary N) is 2. The molecule has 1 rings (SSSR count). The zero-order chi connectivity index (χ0) is 15.2. The first-order valence-electron chi connectivity index (χ1n) is 7.19. The van der Waals surface area contributed by atoms with E-state index < -0.39 is 4.92 Å². The molecule has 0 atom stereocenters. The molecule has 1 aromatic rings. The summed E-state index contributed by atoms with van der Waals surface area (Å²) in [7, 11) is 0. The van der Waals surface area contributed by atoms with Gasteiger partial charge in [-0.05, 0) is 32.3 Å². The molecule has 20 heavy (non-hydrogen) atoms. The van der Waals surface area contributed by atoms with Crippen LogP contribution in [0.15, 0.2) is 12.1 Å². The van der Waals surface area contributed by atoms with E-state index in [1.807, 2.05) is 6.92 Å². The van der Waals surface area contributed by atoms with Gasteiger partial charge in [-0.25, -0.2) is 4.98 Å². The number of hydrogen-bond donors (Lipinski definition) is 2. The van der Waals surface area contributed by atoms with Crippen LogP contribution in [0.1, 0.15) is 47.0 Å². The van der Waals surface area contributed by atoms with E-state index in [0.717, 1.165) is 25.8 Å². The Hall–Kier alpha value is -1.85. The molecule has 6 nitrogen and oxygen atoms in total. The van der Waals surface area contributed by atoms with Crippen LogP contribution in [0.5, 0.6) is 0 Å². The van der Waals surface area contributed by atoms with Gasteiger partial charge in [-0.15, -0.1) is 0 Å². The number of rotatable bonds is 8. The van der Waals surface area contributed by atoms with Gasteiger partial charge in [0.1, 0.15) is 5.82 Å². The van der Waals surface area contributed by atoms with E-state index in [2.05, 4.69) is 36.4 Å². The quantitative estimate of drug-likeness (QED) is 0.559. The Kier molecular flexibility index (Phi) is 5.73. The summed E-state index contributed by atoms with van der Waals surface area (Å²) >= 11 is 0. The van der Waals surface area contributed by atoms with E-state index in [-0.39, 0.29) is 11.2 Å². The van der Waals surface area contributed by atoms with Crippen molar-refractivity contribution in [2.75, 3.05) is 17.2 Å². The lowest BCUT2D eigenvalue weighted by molar-refractivity contribution is -0.384. The highest BCUT2D eigenvalue weighted by molar-refractivity contribution is 5.61. The molecule has 0 aliphatic carbocycles. The van der Waals surface area contributed by atoms with Gasteiger partial charge in [0.05, 0.1) is 4.92 Å². The lowest BCUT2D eigenvalue weighted by Crippen LogP contribution is -2.36. The third-order valence-corrected chi connectivity index (χ3v) is 3.84. The Morgan fingerprint density at radius 1 is 1.20 bits per heavy atom. The normalized spacial score (nSPS) is 11.2.